The van der Waals surface area contributed by atoms with Crippen LogP contribution in [-0.2, 0) is 4.79 Å². The molecule has 1 saturated heterocycles. The van der Waals surface area contributed by atoms with Crippen LogP contribution in [0.4, 0.5) is 0 Å². The maximum Gasteiger partial charge on any atom is 0.233 e. The molecule has 1 aliphatic heterocycles. The SMILES string of the molecule is Nn1cnnc1SCC(=O)N1CCCCC1. The second-order valence-electron chi connectivity index (χ2n) is 3.75. The van der Waals surface area contributed by atoms with Crippen LogP contribution in [0.2, 0.25) is 0 Å². The Hall–Kier alpha value is -1.24. The number of piperidine rings is 1. The van der Waals surface area contributed by atoms with Gasteiger partial charge in [-0.2, -0.15) is 0 Å². The predicted molar refractivity (Wildman–Crippen MR) is 61.3 cm³/mol. The Morgan fingerprint density at radius 3 is 2.81 bits per heavy atom. The van der Waals surface area contributed by atoms with Gasteiger partial charge in [0.1, 0.15) is 6.33 Å². The standard InChI is InChI=1S/C9H15N5OS/c10-14-7-11-12-9(14)16-6-8(15)13-4-2-1-3-5-13/h7H,1-6,10H2. The van der Waals surface area contributed by atoms with Gasteiger partial charge in [-0.1, -0.05) is 11.8 Å². The van der Waals surface area contributed by atoms with Crippen molar-refractivity contribution in [3.63, 3.8) is 0 Å². The van der Waals surface area contributed by atoms with Gasteiger partial charge in [0.2, 0.25) is 11.1 Å². The summed E-state index contributed by atoms with van der Waals surface area (Å²) in [7, 11) is 0. The maximum atomic E-state index is 11.8. The summed E-state index contributed by atoms with van der Waals surface area (Å²) in [5.41, 5.74) is 0. The van der Waals surface area contributed by atoms with Crippen LogP contribution in [0.25, 0.3) is 0 Å². The number of aromatic nitrogens is 3. The van der Waals surface area contributed by atoms with Crippen molar-refractivity contribution in [3.05, 3.63) is 6.33 Å². The van der Waals surface area contributed by atoms with E-state index in [1.807, 2.05) is 4.90 Å². The number of nitrogen functional groups attached to an aromatic ring is 1. The van der Waals surface area contributed by atoms with Crippen LogP contribution in [0.3, 0.4) is 0 Å². The molecule has 0 aromatic carbocycles. The summed E-state index contributed by atoms with van der Waals surface area (Å²) in [6.45, 7) is 1.77. The van der Waals surface area contributed by atoms with Crippen LogP contribution in [-0.4, -0.2) is 44.5 Å². The fourth-order valence-corrected chi connectivity index (χ4v) is 2.43. The number of hydrogen-bond donors (Lipinski definition) is 1. The molecule has 0 saturated carbocycles. The van der Waals surface area contributed by atoms with Gasteiger partial charge in [-0.3, -0.25) is 4.79 Å². The molecule has 0 atom stereocenters. The lowest BCUT2D eigenvalue weighted by Crippen LogP contribution is -2.36. The summed E-state index contributed by atoms with van der Waals surface area (Å²) in [5, 5.41) is 8.04. The Kier molecular flexibility index (Phi) is 3.66. The first kappa shape index (κ1) is 11.3. The number of carbonyl (C=O) groups excluding carboxylic acids is 1. The highest BCUT2D eigenvalue weighted by atomic mass is 32.2. The molecule has 1 aromatic heterocycles. The molecule has 0 radical (unpaired) electrons. The number of nitrogens with two attached hydrogens (primary N) is 1. The van der Waals surface area contributed by atoms with Gasteiger partial charge in [-0.25, -0.2) is 4.68 Å². The zero-order valence-corrected chi connectivity index (χ0v) is 9.82. The molecular weight excluding hydrogens is 226 g/mol. The van der Waals surface area contributed by atoms with E-state index in [1.165, 1.54) is 29.2 Å². The average Bonchev–Trinajstić information content (AvgIpc) is 2.73. The van der Waals surface area contributed by atoms with Gasteiger partial charge in [-0.05, 0) is 19.3 Å². The third-order valence-electron chi connectivity index (χ3n) is 2.57. The van der Waals surface area contributed by atoms with E-state index in [-0.39, 0.29) is 5.91 Å². The topological polar surface area (TPSA) is 77.0 Å². The van der Waals surface area contributed by atoms with E-state index in [0.29, 0.717) is 10.9 Å². The fourth-order valence-electron chi connectivity index (χ4n) is 1.70. The smallest absolute Gasteiger partial charge is 0.233 e. The summed E-state index contributed by atoms with van der Waals surface area (Å²) < 4.78 is 1.33. The Bertz CT molecular complexity index is 361. The first-order valence-corrected chi connectivity index (χ1v) is 6.31. The number of amides is 1. The molecule has 1 fully saturated rings. The summed E-state index contributed by atoms with van der Waals surface area (Å²) in [6.07, 6.45) is 4.88. The second-order valence-corrected chi connectivity index (χ2v) is 4.69. The van der Waals surface area contributed by atoms with Gasteiger partial charge in [-0.15, -0.1) is 10.2 Å². The first-order valence-electron chi connectivity index (χ1n) is 5.33. The van der Waals surface area contributed by atoms with Crippen molar-refractivity contribution in [3.8, 4) is 0 Å². The zero-order valence-electron chi connectivity index (χ0n) is 9.00. The van der Waals surface area contributed by atoms with Crippen molar-refractivity contribution in [2.45, 2.75) is 24.4 Å². The van der Waals surface area contributed by atoms with Gasteiger partial charge in [0.15, 0.2) is 0 Å². The molecule has 0 bridgehead atoms. The van der Waals surface area contributed by atoms with Crippen LogP contribution in [0, 0.1) is 0 Å². The summed E-state index contributed by atoms with van der Waals surface area (Å²) in [4.78, 5) is 13.7. The van der Waals surface area contributed by atoms with Crippen LogP contribution in [0.15, 0.2) is 11.5 Å². The van der Waals surface area contributed by atoms with E-state index in [0.717, 1.165) is 25.9 Å². The summed E-state index contributed by atoms with van der Waals surface area (Å²) in [5.74, 6) is 6.10. The number of thioether (sulfide) groups is 1. The molecule has 16 heavy (non-hydrogen) atoms. The average molecular weight is 241 g/mol. The van der Waals surface area contributed by atoms with E-state index < -0.39 is 0 Å². The quantitative estimate of drug-likeness (QED) is 0.600. The minimum absolute atomic E-state index is 0.160. The highest BCUT2D eigenvalue weighted by Crippen LogP contribution is 2.15. The van der Waals surface area contributed by atoms with E-state index in [9.17, 15) is 4.79 Å². The van der Waals surface area contributed by atoms with Crippen LogP contribution < -0.4 is 5.84 Å². The van der Waals surface area contributed by atoms with E-state index in [2.05, 4.69) is 10.2 Å². The molecular formula is C9H15N5OS. The largest absolute Gasteiger partial charge is 0.342 e. The maximum absolute atomic E-state index is 11.8. The molecule has 1 aromatic rings. The lowest BCUT2D eigenvalue weighted by atomic mass is 10.1. The third kappa shape index (κ3) is 2.66. The van der Waals surface area contributed by atoms with Gasteiger partial charge in [0.05, 0.1) is 5.75 Å². The molecule has 7 heteroatoms. The lowest BCUT2D eigenvalue weighted by Gasteiger charge is -2.26. The normalized spacial score (nSPS) is 16.4. The molecule has 1 amide bonds. The third-order valence-corrected chi connectivity index (χ3v) is 3.52. The summed E-state index contributed by atoms with van der Waals surface area (Å²) >= 11 is 1.33. The number of likely N-dealkylation sites (tertiary alicyclic amines) is 1. The fraction of sp³-hybridized carbons (Fsp3) is 0.667. The number of carbonyl (C=O) groups is 1. The van der Waals surface area contributed by atoms with Crippen molar-refractivity contribution < 1.29 is 4.79 Å². The Balaban J connectivity index is 1.81. The number of nitrogens with zero attached hydrogens (tertiary/aromatic N) is 4. The Labute approximate surface area is 98.2 Å². The molecule has 88 valence electrons. The molecule has 2 N–H and O–H groups in total. The monoisotopic (exact) mass is 241 g/mol. The number of rotatable bonds is 3. The van der Waals surface area contributed by atoms with Crippen molar-refractivity contribution in [1.29, 1.82) is 0 Å². The van der Waals surface area contributed by atoms with Gasteiger partial charge >= 0.3 is 0 Å². The minimum Gasteiger partial charge on any atom is -0.342 e. The van der Waals surface area contributed by atoms with Crippen LogP contribution in [0.1, 0.15) is 19.3 Å². The molecule has 1 aliphatic rings. The Morgan fingerprint density at radius 2 is 2.19 bits per heavy atom. The van der Waals surface area contributed by atoms with Crippen molar-refractivity contribution in [2.24, 2.45) is 0 Å². The number of hydrogen-bond acceptors (Lipinski definition) is 5. The van der Waals surface area contributed by atoms with E-state index in [1.54, 1.807) is 0 Å². The van der Waals surface area contributed by atoms with Crippen LogP contribution in [0.5, 0.6) is 0 Å². The molecule has 0 aliphatic carbocycles. The molecule has 6 nitrogen and oxygen atoms in total. The molecule has 0 unspecified atom stereocenters. The predicted octanol–water partition coefficient (Wildman–Crippen LogP) is 0.0965. The van der Waals surface area contributed by atoms with Crippen molar-refractivity contribution in [1.82, 2.24) is 19.8 Å². The Morgan fingerprint density at radius 1 is 1.44 bits per heavy atom. The van der Waals surface area contributed by atoms with Gasteiger partial charge < -0.3 is 10.7 Å². The molecule has 2 heterocycles. The van der Waals surface area contributed by atoms with Crippen LogP contribution >= 0.6 is 11.8 Å². The highest BCUT2D eigenvalue weighted by Gasteiger charge is 2.17. The van der Waals surface area contributed by atoms with Crippen molar-refractivity contribution >= 4 is 17.7 Å². The van der Waals surface area contributed by atoms with Gasteiger partial charge in [0.25, 0.3) is 0 Å². The lowest BCUT2D eigenvalue weighted by molar-refractivity contribution is -0.129. The minimum atomic E-state index is 0.160. The first-order chi connectivity index (χ1) is 7.77. The molecule has 2 rings (SSSR count). The highest BCUT2D eigenvalue weighted by molar-refractivity contribution is 7.99. The van der Waals surface area contributed by atoms with E-state index in [4.69, 9.17) is 5.84 Å². The second kappa shape index (κ2) is 5.20. The zero-order chi connectivity index (χ0) is 11.4. The van der Waals surface area contributed by atoms with Crippen molar-refractivity contribution in [2.75, 3.05) is 24.7 Å². The van der Waals surface area contributed by atoms with E-state index >= 15 is 0 Å². The summed E-state index contributed by atoms with van der Waals surface area (Å²) in [6, 6.07) is 0. The molecule has 0 spiro atoms. The van der Waals surface area contributed by atoms with Gasteiger partial charge in [0, 0.05) is 13.1 Å².